The average molecular weight is 493 g/mol. The Balaban J connectivity index is 1.62. The standard InChI is InChI=1S/C22H16Cl3N3O4/c23-17-7-3-1-6-16(17)13-32-22-18(24)9-14(10-19(22)25)12-26-27-21(29)11-15-5-2-4-8-20(15)28(30)31/h1-10,12H,11,13H2,(H,27,29). The van der Waals surface area contributed by atoms with E-state index in [1.54, 1.807) is 24.3 Å². The molecule has 0 atom stereocenters. The van der Waals surface area contributed by atoms with Gasteiger partial charge in [0.1, 0.15) is 6.61 Å². The van der Waals surface area contributed by atoms with Crippen LogP contribution in [0.2, 0.25) is 15.1 Å². The van der Waals surface area contributed by atoms with E-state index >= 15 is 0 Å². The number of nitrogens with one attached hydrogen (secondary N) is 1. The zero-order chi connectivity index (χ0) is 23.1. The fourth-order valence-corrected chi connectivity index (χ4v) is 3.59. The van der Waals surface area contributed by atoms with Crippen LogP contribution >= 0.6 is 34.8 Å². The lowest BCUT2D eigenvalue weighted by Crippen LogP contribution is -2.20. The molecule has 0 fully saturated rings. The van der Waals surface area contributed by atoms with Gasteiger partial charge in [0.05, 0.1) is 27.6 Å². The zero-order valence-electron chi connectivity index (χ0n) is 16.4. The third kappa shape index (κ3) is 6.20. The molecule has 0 aromatic heterocycles. The molecule has 0 saturated heterocycles. The summed E-state index contributed by atoms with van der Waals surface area (Å²) in [7, 11) is 0. The van der Waals surface area contributed by atoms with E-state index in [4.69, 9.17) is 39.5 Å². The monoisotopic (exact) mass is 491 g/mol. The summed E-state index contributed by atoms with van der Waals surface area (Å²) in [5.74, 6) is -0.210. The predicted molar refractivity (Wildman–Crippen MR) is 125 cm³/mol. The minimum absolute atomic E-state index is 0.127. The van der Waals surface area contributed by atoms with Gasteiger partial charge in [-0.2, -0.15) is 5.10 Å². The van der Waals surface area contributed by atoms with Crippen molar-refractivity contribution in [3.63, 3.8) is 0 Å². The number of carbonyl (C=O) groups excluding carboxylic acids is 1. The van der Waals surface area contributed by atoms with Gasteiger partial charge in [0.2, 0.25) is 5.91 Å². The molecule has 0 aliphatic heterocycles. The summed E-state index contributed by atoms with van der Waals surface area (Å²) in [6.07, 6.45) is 1.16. The minimum atomic E-state index is -0.536. The van der Waals surface area contributed by atoms with Gasteiger partial charge in [-0.25, -0.2) is 5.43 Å². The number of carbonyl (C=O) groups is 1. The number of amides is 1. The van der Waals surface area contributed by atoms with Crippen molar-refractivity contribution >= 4 is 52.6 Å². The Morgan fingerprint density at radius 3 is 2.28 bits per heavy atom. The van der Waals surface area contributed by atoms with Crippen molar-refractivity contribution in [2.24, 2.45) is 5.10 Å². The molecule has 164 valence electrons. The lowest BCUT2D eigenvalue weighted by molar-refractivity contribution is -0.385. The van der Waals surface area contributed by atoms with Gasteiger partial charge in [0, 0.05) is 22.2 Å². The maximum absolute atomic E-state index is 12.1. The number of hydrazone groups is 1. The van der Waals surface area contributed by atoms with Gasteiger partial charge >= 0.3 is 0 Å². The third-order valence-electron chi connectivity index (χ3n) is 4.29. The number of para-hydroxylation sites is 1. The Bertz CT molecular complexity index is 1160. The number of benzene rings is 3. The van der Waals surface area contributed by atoms with Gasteiger partial charge in [-0.15, -0.1) is 0 Å². The van der Waals surface area contributed by atoms with Crippen LogP contribution in [-0.2, 0) is 17.8 Å². The first kappa shape index (κ1) is 23.5. The maximum atomic E-state index is 12.1. The van der Waals surface area contributed by atoms with Crippen LogP contribution in [0.3, 0.4) is 0 Å². The quantitative estimate of drug-likeness (QED) is 0.243. The topological polar surface area (TPSA) is 93.8 Å². The molecule has 0 spiro atoms. The third-order valence-corrected chi connectivity index (χ3v) is 5.22. The summed E-state index contributed by atoms with van der Waals surface area (Å²) >= 11 is 18.7. The van der Waals surface area contributed by atoms with E-state index in [0.29, 0.717) is 16.3 Å². The van der Waals surface area contributed by atoms with Crippen LogP contribution in [-0.4, -0.2) is 17.0 Å². The van der Waals surface area contributed by atoms with Crippen LogP contribution in [0.5, 0.6) is 5.75 Å². The van der Waals surface area contributed by atoms with E-state index in [0.717, 1.165) is 5.56 Å². The molecule has 3 aromatic rings. The summed E-state index contributed by atoms with van der Waals surface area (Å²) in [5.41, 5.74) is 3.80. The van der Waals surface area contributed by atoms with Gasteiger partial charge in [0.15, 0.2) is 5.75 Å². The second-order valence-electron chi connectivity index (χ2n) is 6.55. The molecule has 0 unspecified atom stereocenters. The van der Waals surface area contributed by atoms with Gasteiger partial charge in [-0.1, -0.05) is 71.2 Å². The number of rotatable bonds is 8. The number of nitro groups is 1. The first-order chi connectivity index (χ1) is 15.3. The Kier molecular flexibility index (Phi) is 8.05. The fourth-order valence-electron chi connectivity index (χ4n) is 2.79. The fraction of sp³-hybridized carbons (Fsp3) is 0.0909. The molecule has 0 saturated carbocycles. The van der Waals surface area contributed by atoms with Gasteiger partial charge in [-0.3, -0.25) is 14.9 Å². The van der Waals surface area contributed by atoms with Crippen molar-refractivity contribution in [2.45, 2.75) is 13.0 Å². The minimum Gasteiger partial charge on any atom is -0.486 e. The van der Waals surface area contributed by atoms with Crippen LogP contribution in [0.1, 0.15) is 16.7 Å². The summed E-state index contributed by atoms with van der Waals surface area (Å²) in [6.45, 7) is 0.189. The van der Waals surface area contributed by atoms with Gasteiger partial charge in [0.25, 0.3) is 5.69 Å². The van der Waals surface area contributed by atoms with Crippen molar-refractivity contribution in [3.8, 4) is 5.75 Å². The number of hydrogen-bond donors (Lipinski definition) is 1. The molecule has 10 heteroatoms. The predicted octanol–water partition coefficient (Wildman–Crippen LogP) is 5.83. The van der Waals surface area contributed by atoms with E-state index in [1.807, 2.05) is 18.2 Å². The molecular weight excluding hydrogens is 477 g/mol. The highest BCUT2D eigenvalue weighted by atomic mass is 35.5. The molecule has 0 aliphatic carbocycles. The van der Waals surface area contributed by atoms with E-state index in [9.17, 15) is 14.9 Å². The smallest absolute Gasteiger partial charge is 0.273 e. The van der Waals surface area contributed by atoms with Crippen molar-refractivity contribution < 1.29 is 14.5 Å². The van der Waals surface area contributed by atoms with E-state index in [1.165, 1.54) is 24.4 Å². The number of ether oxygens (including phenoxy) is 1. The maximum Gasteiger partial charge on any atom is 0.273 e. The second kappa shape index (κ2) is 10.9. The highest BCUT2D eigenvalue weighted by Gasteiger charge is 2.15. The summed E-state index contributed by atoms with van der Waals surface area (Å²) in [5, 5.41) is 16.0. The Morgan fingerprint density at radius 2 is 1.62 bits per heavy atom. The zero-order valence-corrected chi connectivity index (χ0v) is 18.7. The van der Waals surface area contributed by atoms with E-state index in [2.05, 4.69) is 10.5 Å². The SMILES string of the molecule is O=C(Cc1ccccc1[N+](=O)[O-])NN=Cc1cc(Cl)c(OCc2ccccc2Cl)c(Cl)c1. The van der Waals surface area contributed by atoms with Crippen LogP contribution in [0, 0.1) is 10.1 Å². The Hall–Kier alpha value is -3.13. The molecular formula is C22H16Cl3N3O4. The highest BCUT2D eigenvalue weighted by molar-refractivity contribution is 6.37. The summed E-state index contributed by atoms with van der Waals surface area (Å²) in [6, 6.07) is 16.4. The first-order valence-electron chi connectivity index (χ1n) is 9.24. The molecule has 32 heavy (non-hydrogen) atoms. The van der Waals surface area contributed by atoms with Crippen LogP contribution in [0.25, 0.3) is 0 Å². The molecule has 3 rings (SSSR count). The molecule has 0 bridgehead atoms. The van der Waals surface area contributed by atoms with Crippen molar-refractivity contribution in [1.29, 1.82) is 0 Å². The summed E-state index contributed by atoms with van der Waals surface area (Å²) < 4.78 is 5.71. The van der Waals surface area contributed by atoms with Gasteiger partial charge in [-0.05, 0) is 23.8 Å². The van der Waals surface area contributed by atoms with Crippen LogP contribution in [0.15, 0.2) is 65.8 Å². The lowest BCUT2D eigenvalue weighted by Gasteiger charge is -2.11. The van der Waals surface area contributed by atoms with Gasteiger partial charge < -0.3 is 4.74 Å². The summed E-state index contributed by atoms with van der Waals surface area (Å²) in [4.78, 5) is 22.6. The lowest BCUT2D eigenvalue weighted by atomic mass is 10.1. The second-order valence-corrected chi connectivity index (χ2v) is 7.77. The van der Waals surface area contributed by atoms with E-state index < -0.39 is 10.8 Å². The van der Waals surface area contributed by atoms with Crippen molar-refractivity contribution in [2.75, 3.05) is 0 Å². The number of nitro benzene ring substituents is 1. The number of nitrogens with zero attached hydrogens (tertiary/aromatic N) is 2. The molecule has 0 aliphatic rings. The number of hydrogen-bond acceptors (Lipinski definition) is 5. The van der Waals surface area contributed by atoms with Crippen molar-refractivity contribution in [3.05, 3.63) is 103 Å². The average Bonchev–Trinajstić information content (AvgIpc) is 2.74. The highest BCUT2D eigenvalue weighted by Crippen LogP contribution is 2.34. The Morgan fingerprint density at radius 1 is 1.00 bits per heavy atom. The number of halogens is 3. The van der Waals surface area contributed by atoms with Crippen LogP contribution < -0.4 is 10.2 Å². The normalized spacial score (nSPS) is 10.8. The first-order valence-corrected chi connectivity index (χ1v) is 10.4. The molecule has 7 nitrogen and oxygen atoms in total. The molecule has 1 N–H and O–H groups in total. The molecule has 3 aromatic carbocycles. The Labute approximate surface area is 198 Å². The van der Waals surface area contributed by atoms with Crippen LogP contribution in [0.4, 0.5) is 5.69 Å². The molecule has 0 heterocycles. The largest absolute Gasteiger partial charge is 0.486 e. The molecule has 1 amide bonds. The molecule has 0 radical (unpaired) electrons. The van der Waals surface area contributed by atoms with Crippen molar-refractivity contribution in [1.82, 2.24) is 5.43 Å². The van der Waals surface area contributed by atoms with E-state index in [-0.39, 0.29) is 34.3 Å².